The molecule has 7 nitrogen and oxygen atoms in total. The van der Waals surface area contributed by atoms with Crippen LogP contribution in [0.2, 0.25) is 0 Å². The van der Waals surface area contributed by atoms with Gasteiger partial charge >= 0.3 is 5.97 Å². The molecule has 0 aliphatic carbocycles. The molecule has 0 spiro atoms. The zero-order chi connectivity index (χ0) is 22.8. The molecule has 1 atom stereocenters. The van der Waals surface area contributed by atoms with Crippen LogP contribution in [0.4, 0.5) is 0 Å². The summed E-state index contributed by atoms with van der Waals surface area (Å²) < 4.78 is 10.8. The van der Waals surface area contributed by atoms with Crippen LogP contribution in [0.3, 0.4) is 0 Å². The maximum atomic E-state index is 12.1. The minimum atomic E-state index is -0.321. The highest BCUT2D eigenvalue weighted by molar-refractivity contribution is 14.0. The summed E-state index contributed by atoms with van der Waals surface area (Å²) in [6, 6.07) is 8.17. The van der Waals surface area contributed by atoms with E-state index in [0.29, 0.717) is 36.3 Å². The van der Waals surface area contributed by atoms with Crippen molar-refractivity contribution < 1.29 is 14.3 Å². The summed E-state index contributed by atoms with van der Waals surface area (Å²) in [5, 5.41) is 7.47. The van der Waals surface area contributed by atoms with E-state index in [0.717, 1.165) is 22.7 Å². The smallest absolute Gasteiger partial charge is 0.350 e. The van der Waals surface area contributed by atoms with Gasteiger partial charge in [-0.25, -0.2) is 14.8 Å². The van der Waals surface area contributed by atoms with Crippen LogP contribution in [-0.4, -0.2) is 36.2 Å². The van der Waals surface area contributed by atoms with Crippen molar-refractivity contribution in [1.82, 2.24) is 15.6 Å². The van der Waals surface area contributed by atoms with E-state index >= 15 is 0 Å². The zero-order valence-electron chi connectivity index (χ0n) is 19.7. The molecule has 1 aromatic heterocycles. The van der Waals surface area contributed by atoms with Crippen LogP contribution in [0, 0.1) is 6.92 Å². The van der Waals surface area contributed by atoms with E-state index in [-0.39, 0.29) is 42.1 Å². The molecule has 0 bridgehead atoms. The average Bonchev–Trinajstić information content (AvgIpc) is 3.13. The van der Waals surface area contributed by atoms with Crippen molar-refractivity contribution in [2.24, 2.45) is 4.99 Å². The summed E-state index contributed by atoms with van der Waals surface area (Å²) in [5.41, 5.74) is 2.94. The van der Waals surface area contributed by atoms with Crippen molar-refractivity contribution >= 4 is 47.2 Å². The number of aliphatic imine (C=N–C) groups is 1. The molecule has 1 aromatic carbocycles. The Bertz CT molecular complexity index is 886. The number of rotatable bonds is 10. The quantitative estimate of drug-likeness (QED) is 0.180. The number of carbonyl (C=O) groups is 1. The Morgan fingerprint density at radius 1 is 1.22 bits per heavy atom. The topological polar surface area (TPSA) is 84.8 Å². The molecule has 178 valence electrons. The molecule has 32 heavy (non-hydrogen) atoms. The fraction of sp³-hybridized carbons (Fsp3) is 0.522. The molecule has 2 rings (SSSR count). The van der Waals surface area contributed by atoms with Gasteiger partial charge in [-0.1, -0.05) is 24.3 Å². The summed E-state index contributed by atoms with van der Waals surface area (Å²) in [7, 11) is 0. The number of halogens is 1. The summed E-state index contributed by atoms with van der Waals surface area (Å²) in [5.74, 6) is 0.377. The first-order valence-corrected chi connectivity index (χ1v) is 11.5. The second-order valence-corrected chi connectivity index (χ2v) is 8.46. The predicted molar refractivity (Wildman–Crippen MR) is 141 cm³/mol. The third-order valence-electron chi connectivity index (χ3n) is 4.34. The molecule has 9 heteroatoms. The number of ether oxygens (including phenoxy) is 2. The first-order chi connectivity index (χ1) is 14.8. The van der Waals surface area contributed by atoms with Crippen LogP contribution in [0.5, 0.6) is 0 Å². The molecule has 0 saturated carbocycles. The monoisotopic (exact) mass is 574 g/mol. The summed E-state index contributed by atoms with van der Waals surface area (Å²) in [6.07, 6.45) is 0.201. The Morgan fingerprint density at radius 2 is 1.94 bits per heavy atom. The Labute approximate surface area is 212 Å². The van der Waals surface area contributed by atoms with Gasteiger partial charge in [0.25, 0.3) is 0 Å². The first-order valence-electron chi connectivity index (χ1n) is 10.7. The van der Waals surface area contributed by atoms with Gasteiger partial charge in [-0.15, -0.1) is 35.3 Å². The minimum absolute atomic E-state index is 0. The number of aromatic nitrogens is 1. The van der Waals surface area contributed by atoms with E-state index in [1.165, 1.54) is 11.3 Å². The standard InChI is InChI=1S/C23H34N4O3S.HI/c1-7-24-23(25-13-18-10-9-11-19(12-18)14-30-15(3)4)27-17(6)21-26-16(5)20(31-21)22(28)29-8-2;/h9-12,15,17H,7-8,13-14H2,1-6H3,(H2,24,25,27);1H. The van der Waals surface area contributed by atoms with Gasteiger partial charge in [0.2, 0.25) is 0 Å². The van der Waals surface area contributed by atoms with E-state index < -0.39 is 0 Å². The van der Waals surface area contributed by atoms with Gasteiger partial charge in [0.05, 0.1) is 37.6 Å². The number of hydrogen-bond acceptors (Lipinski definition) is 6. The Balaban J connectivity index is 0.00000512. The number of benzene rings is 1. The molecule has 2 N–H and O–H groups in total. The normalized spacial score (nSPS) is 12.3. The third-order valence-corrected chi connectivity index (χ3v) is 5.66. The molecular formula is C23H35IN4O3S. The van der Waals surface area contributed by atoms with Crippen molar-refractivity contribution in [3.05, 3.63) is 51.0 Å². The fourth-order valence-electron chi connectivity index (χ4n) is 2.83. The maximum Gasteiger partial charge on any atom is 0.350 e. The summed E-state index contributed by atoms with van der Waals surface area (Å²) in [4.78, 5) is 21.9. The third kappa shape index (κ3) is 9.03. The van der Waals surface area contributed by atoms with Gasteiger partial charge < -0.3 is 20.1 Å². The van der Waals surface area contributed by atoms with Gasteiger partial charge in [-0.05, 0) is 52.7 Å². The van der Waals surface area contributed by atoms with Gasteiger partial charge in [0.1, 0.15) is 9.88 Å². The highest BCUT2D eigenvalue weighted by Gasteiger charge is 2.20. The SMILES string of the molecule is CCNC(=NCc1cccc(COC(C)C)c1)NC(C)c1nc(C)c(C(=O)OCC)s1.I. The highest BCUT2D eigenvalue weighted by atomic mass is 127. The molecule has 0 fully saturated rings. The molecule has 0 saturated heterocycles. The van der Waals surface area contributed by atoms with Crippen LogP contribution >= 0.6 is 35.3 Å². The number of esters is 1. The summed E-state index contributed by atoms with van der Waals surface area (Å²) in [6.45, 7) is 13.9. The van der Waals surface area contributed by atoms with Gasteiger partial charge in [-0.2, -0.15) is 0 Å². The fourth-order valence-corrected chi connectivity index (χ4v) is 3.79. The van der Waals surface area contributed by atoms with E-state index in [1.54, 1.807) is 6.92 Å². The number of guanidine groups is 1. The van der Waals surface area contributed by atoms with Crippen molar-refractivity contribution in [2.75, 3.05) is 13.2 Å². The molecule has 1 heterocycles. The predicted octanol–water partition coefficient (Wildman–Crippen LogP) is 4.99. The van der Waals surface area contributed by atoms with Crippen molar-refractivity contribution in [2.45, 2.75) is 66.8 Å². The number of aryl methyl sites for hydroxylation is 1. The Hall–Kier alpha value is -1.72. The molecule has 0 radical (unpaired) electrons. The average molecular weight is 575 g/mol. The van der Waals surface area contributed by atoms with Crippen molar-refractivity contribution in [1.29, 1.82) is 0 Å². The second-order valence-electron chi connectivity index (χ2n) is 7.43. The molecule has 2 aromatic rings. The Morgan fingerprint density at radius 3 is 2.59 bits per heavy atom. The molecule has 0 amide bonds. The second kappa shape index (κ2) is 14.4. The number of carbonyl (C=O) groups excluding carboxylic acids is 1. The van der Waals surface area contributed by atoms with Crippen molar-refractivity contribution in [3.63, 3.8) is 0 Å². The number of nitrogens with zero attached hydrogens (tertiary/aromatic N) is 2. The number of hydrogen-bond donors (Lipinski definition) is 2. The van der Waals surface area contributed by atoms with E-state index in [9.17, 15) is 4.79 Å². The van der Waals surface area contributed by atoms with E-state index in [4.69, 9.17) is 14.5 Å². The molecule has 1 unspecified atom stereocenters. The summed E-state index contributed by atoms with van der Waals surface area (Å²) >= 11 is 1.36. The van der Waals surface area contributed by atoms with Gasteiger partial charge in [0, 0.05) is 6.54 Å². The van der Waals surface area contributed by atoms with Gasteiger partial charge in [-0.3, -0.25) is 0 Å². The molecular weight excluding hydrogens is 539 g/mol. The lowest BCUT2D eigenvalue weighted by Gasteiger charge is -2.16. The zero-order valence-corrected chi connectivity index (χ0v) is 22.9. The number of nitrogens with one attached hydrogen (secondary N) is 2. The molecule has 0 aliphatic heterocycles. The van der Waals surface area contributed by atoms with Crippen LogP contribution in [0.25, 0.3) is 0 Å². The highest BCUT2D eigenvalue weighted by Crippen LogP contribution is 2.24. The lowest BCUT2D eigenvalue weighted by Crippen LogP contribution is -2.38. The van der Waals surface area contributed by atoms with Gasteiger partial charge in [0.15, 0.2) is 5.96 Å². The van der Waals surface area contributed by atoms with Crippen LogP contribution < -0.4 is 10.6 Å². The Kier molecular flexibility index (Phi) is 12.8. The lowest BCUT2D eigenvalue weighted by molar-refractivity contribution is 0.0531. The minimum Gasteiger partial charge on any atom is -0.462 e. The van der Waals surface area contributed by atoms with Crippen molar-refractivity contribution in [3.8, 4) is 0 Å². The molecule has 0 aliphatic rings. The van der Waals surface area contributed by atoms with E-state index in [1.807, 2.05) is 40.7 Å². The largest absolute Gasteiger partial charge is 0.462 e. The van der Waals surface area contributed by atoms with Crippen LogP contribution in [0.1, 0.15) is 72.2 Å². The maximum absolute atomic E-state index is 12.1. The first kappa shape index (κ1) is 28.3. The van der Waals surface area contributed by atoms with E-state index in [2.05, 4.69) is 33.8 Å². The number of thiazole rings is 1. The lowest BCUT2D eigenvalue weighted by atomic mass is 10.1. The van der Waals surface area contributed by atoms with Crippen LogP contribution in [0.15, 0.2) is 29.3 Å². The van der Waals surface area contributed by atoms with Crippen LogP contribution in [-0.2, 0) is 22.6 Å².